The molecule has 0 heterocycles. The lowest BCUT2D eigenvalue weighted by atomic mass is 10.4. The maximum atomic E-state index is 10.1. The first kappa shape index (κ1) is 31.2. The number of primary amides is 1. The molecule has 0 aliphatic carbocycles. The maximum Gasteiger partial charge on any atom is 0.404 e. The molecule has 20 heavy (non-hydrogen) atoms. The van der Waals surface area contributed by atoms with Crippen LogP contribution in [0.4, 0.5) is 4.79 Å². The second-order valence-corrected chi connectivity index (χ2v) is 3.64. The van der Waals surface area contributed by atoms with Gasteiger partial charge >= 0.3 is 6.09 Å². The van der Waals surface area contributed by atoms with E-state index in [2.05, 4.69) is 38.2 Å². The number of ether oxygens (including phenoxy) is 1. The minimum atomic E-state index is -0.745. The normalized spacial score (nSPS) is 6.70. The van der Waals surface area contributed by atoms with Crippen LogP contribution >= 0.6 is 0 Å². The van der Waals surface area contributed by atoms with E-state index >= 15 is 0 Å². The molecule has 0 aliphatic heterocycles. The summed E-state index contributed by atoms with van der Waals surface area (Å²) in [5.41, 5.74) is 4.43. The molecule has 0 unspecified atom stereocenters. The van der Waals surface area contributed by atoms with Gasteiger partial charge in [-0.05, 0) is 0 Å². The van der Waals surface area contributed by atoms with Gasteiger partial charge in [0, 0.05) is 21.0 Å². The Morgan fingerprint density at radius 1 is 1.00 bits per heavy atom. The highest BCUT2D eigenvalue weighted by atomic mass is 16.5. The second-order valence-electron chi connectivity index (χ2n) is 3.64. The van der Waals surface area contributed by atoms with Crippen LogP contribution < -0.4 is 5.73 Å². The van der Waals surface area contributed by atoms with Gasteiger partial charge in [0.1, 0.15) is 0 Å². The number of hydrogen-bond acceptors (Lipinski definition) is 3. The second kappa shape index (κ2) is 36.1. The molecule has 0 radical (unpaired) electrons. The van der Waals surface area contributed by atoms with Crippen LogP contribution in [-0.4, -0.2) is 38.1 Å². The topological polar surface area (TPSA) is 72.6 Å². The molecular weight excluding hydrogens is 256 g/mol. The van der Waals surface area contributed by atoms with Crippen LogP contribution in [0.2, 0.25) is 0 Å². The fourth-order valence-electron chi connectivity index (χ4n) is 0. The number of unbranched alkanes of at least 4 members (excludes halogenated alkanes) is 1. The van der Waals surface area contributed by atoms with Crippen LogP contribution in [0.15, 0.2) is 0 Å². The van der Waals surface area contributed by atoms with Crippen molar-refractivity contribution >= 4 is 12.0 Å². The molecule has 0 aromatic carbocycles. The molecule has 5 nitrogen and oxygen atoms in total. The van der Waals surface area contributed by atoms with E-state index in [4.69, 9.17) is 0 Å². The Bertz CT molecular complexity index is 171. The molecule has 0 rings (SSSR count). The van der Waals surface area contributed by atoms with Crippen LogP contribution in [0.5, 0.6) is 0 Å². The van der Waals surface area contributed by atoms with Crippen molar-refractivity contribution in [1.29, 1.82) is 0 Å². The predicted octanol–water partition coefficient (Wildman–Crippen LogP) is 4.05. The molecule has 0 aromatic rings. The average molecular weight is 294 g/mol. The molecule has 2 N–H and O–H groups in total. The molecule has 0 bridgehead atoms. The zero-order valence-electron chi connectivity index (χ0n) is 15.4. The third-order valence-corrected chi connectivity index (χ3v) is 1.33. The summed E-state index contributed by atoms with van der Waals surface area (Å²) in [4.78, 5) is 21.0. The zero-order chi connectivity index (χ0) is 17.6. The number of carbonyl (C=O) groups is 2. The van der Waals surface area contributed by atoms with Crippen molar-refractivity contribution in [2.45, 2.75) is 67.7 Å². The fourth-order valence-corrected chi connectivity index (χ4v) is 0. The molecule has 0 atom stereocenters. The summed E-state index contributed by atoms with van der Waals surface area (Å²) in [6.45, 7) is 14.1. The van der Waals surface area contributed by atoms with Crippen molar-refractivity contribution in [3.63, 3.8) is 0 Å². The SMILES string of the molecule is CC.CC(=O)N(C)C.CCC.CCCC.COC(N)=O. The predicted molar refractivity (Wildman–Crippen MR) is 88.9 cm³/mol. The van der Waals surface area contributed by atoms with E-state index < -0.39 is 6.09 Å². The van der Waals surface area contributed by atoms with Gasteiger partial charge in [0.05, 0.1) is 7.11 Å². The van der Waals surface area contributed by atoms with E-state index in [1.807, 2.05) is 13.8 Å². The lowest BCUT2D eigenvalue weighted by molar-refractivity contribution is -0.126. The Morgan fingerprint density at radius 2 is 1.15 bits per heavy atom. The monoisotopic (exact) mass is 294 g/mol. The van der Waals surface area contributed by atoms with E-state index in [0.29, 0.717) is 0 Å². The van der Waals surface area contributed by atoms with E-state index in [1.54, 1.807) is 14.1 Å². The molecule has 0 aliphatic rings. The highest BCUT2D eigenvalue weighted by Crippen LogP contribution is 1.76. The first-order chi connectivity index (χ1) is 9.24. The first-order valence-corrected chi connectivity index (χ1v) is 7.26. The van der Waals surface area contributed by atoms with Crippen molar-refractivity contribution in [2.75, 3.05) is 21.2 Å². The summed E-state index contributed by atoms with van der Waals surface area (Å²) < 4.78 is 3.89. The van der Waals surface area contributed by atoms with Gasteiger partial charge in [-0.1, -0.05) is 60.8 Å². The van der Waals surface area contributed by atoms with Gasteiger partial charge < -0.3 is 15.4 Å². The Kier molecular flexibility index (Phi) is 56.3. The van der Waals surface area contributed by atoms with Crippen molar-refractivity contribution in [3.05, 3.63) is 0 Å². The summed E-state index contributed by atoms with van der Waals surface area (Å²) in [6, 6.07) is 0. The standard InChI is InChI=1S/C4H9NO.C4H10.C3H8.C2H5NO2.C2H6/c1-4(6)5(2)3;1-3-4-2;1-3-2;1-5-2(3)4;1-2/h1-3H3;3-4H2,1-2H3;3H2,1-2H3;1H3,(H2,3,4);1-2H3. The highest BCUT2D eigenvalue weighted by molar-refractivity contribution is 5.72. The maximum absolute atomic E-state index is 10.1. The molecule has 0 aromatic heterocycles. The summed E-state index contributed by atoms with van der Waals surface area (Å²) in [7, 11) is 4.67. The molecule has 5 heteroatoms. The fraction of sp³-hybridized carbons (Fsp3) is 0.867. The molecule has 2 amide bonds. The van der Waals surface area contributed by atoms with Crippen LogP contribution in [0.25, 0.3) is 0 Å². The van der Waals surface area contributed by atoms with E-state index in [0.717, 1.165) is 0 Å². The van der Waals surface area contributed by atoms with Crippen molar-refractivity contribution < 1.29 is 14.3 Å². The van der Waals surface area contributed by atoms with Gasteiger partial charge in [-0.15, -0.1) is 0 Å². The molecular formula is C15H38N2O3. The summed E-state index contributed by atoms with van der Waals surface area (Å²) in [6.07, 6.45) is 3.14. The van der Waals surface area contributed by atoms with Crippen molar-refractivity contribution in [3.8, 4) is 0 Å². The van der Waals surface area contributed by atoms with Crippen LogP contribution in [-0.2, 0) is 9.53 Å². The summed E-state index contributed by atoms with van der Waals surface area (Å²) >= 11 is 0. The number of nitrogens with two attached hydrogens (primary N) is 1. The third-order valence-electron chi connectivity index (χ3n) is 1.33. The molecule has 126 valence electrons. The zero-order valence-corrected chi connectivity index (χ0v) is 15.4. The van der Waals surface area contributed by atoms with Gasteiger partial charge in [-0.3, -0.25) is 4.79 Å². The summed E-state index contributed by atoms with van der Waals surface area (Å²) in [5, 5.41) is 0. The van der Waals surface area contributed by atoms with Gasteiger partial charge in [0.15, 0.2) is 0 Å². The first-order valence-electron chi connectivity index (χ1n) is 7.26. The van der Waals surface area contributed by atoms with E-state index in [9.17, 15) is 9.59 Å². The Morgan fingerprint density at radius 3 is 1.15 bits per heavy atom. The largest absolute Gasteiger partial charge is 0.453 e. The number of hydrogen-bond donors (Lipinski definition) is 1. The van der Waals surface area contributed by atoms with Gasteiger partial charge in [0.25, 0.3) is 0 Å². The van der Waals surface area contributed by atoms with Crippen molar-refractivity contribution in [2.24, 2.45) is 5.73 Å². The number of amides is 2. The van der Waals surface area contributed by atoms with E-state index in [1.165, 1.54) is 38.2 Å². The molecule has 0 saturated carbocycles. The van der Waals surface area contributed by atoms with Crippen LogP contribution in [0.3, 0.4) is 0 Å². The lowest BCUT2D eigenvalue weighted by Crippen LogP contribution is -2.17. The Balaban J connectivity index is -0.0000000492. The number of nitrogens with zero attached hydrogens (tertiary/aromatic N) is 1. The van der Waals surface area contributed by atoms with Crippen LogP contribution in [0.1, 0.15) is 67.7 Å². The molecule has 0 spiro atoms. The Hall–Kier alpha value is -1.26. The van der Waals surface area contributed by atoms with Crippen LogP contribution in [0, 0.1) is 0 Å². The van der Waals surface area contributed by atoms with E-state index in [-0.39, 0.29) is 5.91 Å². The number of methoxy groups -OCH3 is 1. The minimum absolute atomic E-state index is 0.0926. The Labute approximate surface area is 126 Å². The van der Waals surface area contributed by atoms with Gasteiger partial charge in [0.2, 0.25) is 5.91 Å². The smallest absolute Gasteiger partial charge is 0.404 e. The third kappa shape index (κ3) is 126. The van der Waals surface area contributed by atoms with Crippen molar-refractivity contribution in [1.82, 2.24) is 4.90 Å². The minimum Gasteiger partial charge on any atom is -0.453 e. The quantitative estimate of drug-likeness (QED) is 0.792. The van der Waals surface area contributed by atoms with Gasteiger partial charge in [-0.2, -0.15) is 0 Å². The number of carbonyl (C=O) groups excluding carboxylic acids is 2. The highest BCUT2D eigenvalue weighted by Gasteiger charge is 1.87. The van der Waals surface area contributed by atoms with Gasteiger partial charge in [-0.25, -0.2) is 4.79 Å². The summed E-state index contributed by atoms with van der Waals surface area (Å²) in [5.74, 6) is 0.0926. The molecule has 0 fully saturated rings. The average Bonchev–Trinajstić information content (AvgIpc) is 2.42. The lowest BCUT2D eigenvalue weighted by Gasteiger charge is -2.02. The molecule has 0 saturated heterocycles. The number of rotatable bonds is 1.